The van der Waals surface area contributed by atoms with Crippen LogP contribution in [0.2, 0.25) is 0 Å². The Bertz CT molecular complexity index is 962. The second kappa shape index (κ2) is 12.3. The summed E-state index contributed by atoms with van der Waals surface area (Å²) in [6, 6.07) is -0.230. The Morgan fingerprint density at radius 1 is 1.10 bits per heavy atom. The van der Waals surface area contributed by atoms with Gasteiger partial charge >= 0.3 is 5.97 Å². The van der Waals surface area contributed by atoms with Crippen LogP contribution >= 0.6 is 0 Å². The molecule has 5 N–H and O–H groups in total. The summed E-state index contributed by atoms with van der Waals surface area (Å²) in [5.74, 6) is -6.23. The minimum Gasteiger partial charge on any atom is -0.459 e. The van der Waals surface area contributed by atoms with Crippen LogP contribution in [0.3, 0.4) is 0 Å². The van der Waals surface area contributed by atoms with Gasteiger partial charge in [-0.2, -0.15) is 0 Å². The number of rotatable bonds is 4. The maximum absolute atomic E-state index is 13.5. The summed E-state index contributed by atoms with van der Waals surface area (Å²) in [5, 5.41) is 59.3. The number of carbonyl (C=O) groups excluding carboxylic acids is 1. The van der Waals surface area contributed by atoms with Gasteiger partial charge in [-0.3, -0.25) is 4.79 Å². The minimum atomic E-state index is -2.05. The molecule has 0 aromatic heterocycles. The third-order valence-electron chi connectivity index (χ3n) is 9.79. The first-order valence-electron chi connectivity index (χ1n) is 14.8. The summed E-state index contributed by atoms with van der Waals surface area (Å²) in [6.45, 7) is 13.3. The number of likely N-dealkylation sites (N-methyl/N-ethyl adjacent to an activating group) is 1. The summed E-state index contributed by atoms with van der Waals surface area (Å²) in [6.07, 6.45) is -4.75. The molecule has 0 aliphatic carbocycles. The molecule has 0 radical (unpaired) electrons. The van der Waals surface area contributed by atoms with Crippen molar-refractivity contribution in [3.05, 3.63) is 0 Å². The van der Waals surface area contributed by atoms with Gasteiger partial charge in [0.15, 0.2) is 12.1 Å². The van der Waals surface area contributed by atoms with Crippen LogP contribution < -0.4 is 0 Å². The monoisotopic (exact) mass is 588 g/mol. The number of carbonyl (C=O) groups is 1. The number of oxime groups is 1. The molecular formula is C29H52N2O10. The zero-order valence-corrected chi connectivity index (χ0v) is 26.1. The first-order valence-corrected chi connectivity index (χ1v) is 14.8. The van der Waals surface area contributed by atoms with Crippen LogP contribution in [0.15, 0.2) is 5.16 Å². The molecule has 0 spiro atoms. The molecule has 0 saturated carbocycles. The number of esters is 1. The maximum Gasteiger partial charge on any atom is 0.314 e. The van der Waals surface area contributed by atoms with Gasteiger partial charge in [0.05, 0.1) is 29.6 Å². The SMILES string of the molecule is CC[C@H]1OC(=O)[C@H](C)[C@@]2(O)O[C@@](C)(C[C@@H](C)/C(=N\O)[C@H](C)[C@@H](O)[C@]1(C)O)[C@H](O[C@@H]1O[C@H](C)C[C@H](N(C)C)[C@H]1O)[C@H]2C. The third kappa shape index (κ3) is 6.17. The number of nitrogens with zero attached hydrogens (tertiary/aromatic N) is 2. The molecule has 3 saturated heterocycles. The smallest absolute Gasteiger partial charge is 0.314 e. The first kappa shape index (κ1) is 34.1. The molecule has 3 rings (SSSR count). The zero-order valence-electron chi connectivity index (χ0n) is 26.1. The number of hydrogen-bond acceptors (Lipinski definition) is 12. The molecule has 0 amide bonds. The fourth-order valence-electron chi connectivity index (χ4n) is 7.21. The van der Waals surface area contributed by atoms with E-state index in [1.807, 2.05) is 25.9 Å². The predicted octanol–water partition coefficient (Wildman–Crippen LogP) is 1.49. The Hall–Kier alpha value is -1.38. The van der Waals surface area contributed by atoms with E-state index in [2.05, 4.69) is 5.16 Å². The van der Waals surface area contributed by atoms with Crippen LogP contribution in [-0.2, 0) is 23.7 Å². The number of hydrogen-bond donors (Lipinski definition) is 5. The van der Waals surface area contributed by atoms with E-state index in [-0.39, 0.29) is 30.7 Å². The Morgan fingerprint density at radius 3 is 2.24 bits per heavy atom. The zero-order chi connectivity index (χ0) is 31.2. The molecule has 0 unspecified atom stereocenters. The van der Waals surface area contributed by atoms with Crippen molar-refractivity contribution in [1.82, 2.24) is 4.90 Å². The summed E-state index contributed by atoms with van der Waals surface area (Å²) in [7, 11) is 3.75. The highest BCUT2D eigenvalue weighted by Gasteiger charge is 2.64. The lowest BCUT2D eigenvalue weighted by Gasteiger charge is -2.44. The number of aliphatic hydroxyl groups excluding tert-OH is 2. The lowest BCUT2D eigenvalue weighted by molar-refractivity contribution is -0.285. The average Bonchev–Trinajstić information content (AvgIpc) is 3.07. The first-order chi connectivity index (χ1) is 18.8. The van der Waals surface area contributed by atoms with Crippen molar-refractivity contribution in [1.29, 1.82) is 0 Å². The Labute approximate surface area is 243 Å². The molecule has 3 aliphatic heterocycles. The van der Waals surface area contributed by atoms with Crippen molar-refractivity contribution in [2.45, 2.75) is 134 Å². The van der Waals surface area contributed by atoms with E-state index in [0.717, 1.165) is 0 Å². The van der Waals surface area contributed by atoms with Crippen molar-refractivity contribution >= 4 is 11.7 Å². The van der Waals surface area contributed by atoms with E-state index in [0.29, 0.717) is 6.42 Å². The van der Waals surface area contributed by atoms with Gasteiger partial charge in [-0.15, -0.1) is 0 Å². The summed E-state index contributed by atoms with van der Waals surface area (Å²) in [5.41, 5.74) is -2.94. The molecule has 0 aromatic rings. The molecule has 3 heterocycles. The Morgan fingerprint density at radius 2 is 1.71 bits per heavy atom. The molecule has 12 heteroatoms. The van der Waals surface area contributed by atoms with Gasteiger partial charge in [-0.25, -0.2) is 0 Å². The van der Waals surface area contributed by atoms with Crippen LogP contribution in [0.25, 0.3) is 0 Å². The molecule has 2 bridgehead atoms. The molecule has 14 atom stereocenters. The number of fused-ring (bicyclic) bond motifs is 2. The van der Waals surface area contributed by atoms with Gasteiger partial charge in [-0.05, 0) is 61.1 Å². The van der Waals surface area contributed by atoms with E-state index in [9.17, 15) is 30.4 Å². The van der Waals surface area contributed by atoms with Crippen molar-refractivity contribution in [3.8, 4) is 0 Å². The van der Waals surface area contributed by atoms with Crippen LogP contribution in [0, 0.1) is 23.7 Å². The Kier molecular flexibility index (Phi) is 10.2. The second-order valence-corrected chi connectivity index (χ2v) is 13.2. The molecule has 0 aromatic carbocycles. The normalized spacial score (nSPS) is 51.1. The quantitative estimate of drug-likeness (QED) is 0.183. The maximum atomic E-state index is 13.5. The van der Waals surface area contributed by atoms with Gasteiger partial charge in [0.25, 0.3) is 0 Å². The fraction of sp³-hybridized carbons (Fsp3) is 0.931. The van der Waals surface area contributed by atoms with Crippen molar-refractivity contribution in [2.24, 2.45) is 28.8 Å². The largest absolute Gasteiger partial charge is 0.459 e. The summed E-state index contributed by atoms with van der Waals surface area (Å²) >= 11 is 0. The van der Waals surface area contributed by atoms with E-state index in [1.54, 1.807) is 34.6 Å². The van der Waals surface area contributed by atoms with Gasteiger partial charge < -0.3 is 49.5 Å². The van der Waals surface area contributed by atoms with Crippen molar-refractivity contribution in [2.75, 3.05) is 14.1 Å². The number of aliphatic hydroxyl groups is 4. The van der Waals surface area contributed by atoms with Gasteiger partial charge in [-0.1, -0.05) is 32.9 Å². The minimum absolute atomic E-state index is 0.150. The average molecular weight is 589 g/mol. The van der Waals surface area contributed by atoms with E-state index in [4.69, 9.17) is 18.9 Å². The van der Waals surface area contributed by atoms with Crippen LogP contribution in [0.1, 0.15) is 74.7 Å². The van der Waals surface area contributed by atoms with Crippen molar-refractivity contribution < 1.29 is 49.4 Å². The highest BCUT2D eigenvalue weighted by molar-refractivity contribution is 5.88. The topological polar surface area (TPSA) is 171 Å². The number of cyclic esters (lactones) is 1. The van der Waals surface area contributed by atoms with Gasteiger partial charge in [0.1, 0.15) is 23.7 Å². The molecule has 12 nitrogen and oxygen atoms in total. The lowest BCUT2D eigenvalue weighted by Crippen LogP contribution is -2.57. The summed E-state index contributed by atoms with van der Waals surface area (Å²) in [4.78, 5) is 15.4. The molecule has 41 heavy (non-hydrogen) atoms. The van der Waals surface area contributed by atoms with Crippen LogP contribution in [-0.4, -0.2) is 116 Å². The van der Waals surface area contributed by atoms with Gasteiger partial charge in [0, 0.05) is 23.8 Å². The van der Waals surface area contributed by atoms with Crippen LogP contribution in [0.4, 0.5) is 0 Å². The lowest BCUT2D eigenvalue weighted by atomic mass is 9.75. The summed E-state index contributed by atoms with van der Waals surface area (Å²) < 4.78 is 24.6. The van der Waals surface area contributed by atoms with Gasteiger partial charge in [0.2, 0.25) is 0 Å². The predicted molar refractivity (Wildman–Crippen MR) is 149 cm³/mol. The fourth-order valence-corrected chi connectivity index (χ4v) is 7.21. The van der Waals surface area contributed by atoms with E-state index in [1.165, 1.54) is 13.8 Å². The molecular weight excluding hydrogens is 536 g/mol. The molecule has 3 aliphatic rings. The van der Waals surface area contributed by atoms with E-state index < -0.39 is 77.3 Å². The second-order valence-electron chi connectivity index (χ2n) is 13.2. The highest BCUT2D eigenvalue weighted by atomic mass is 16.7. The van der Waals surface area contributed by atoms with E-state index >= 15 is 0 Å². The third-order valence-corrected chi connectivity index (χ3v) is 9.79. The number of ether oxygens (including phenoxy) is 4. The standard InChI is InChI=1S/C29H52N2O10/c1-11-20-28(8,35)23(33)16(4)21(30-37)14(2)13-27(7)24(17(5)29(36,41-27)18(6)25(34)39-20)40-26-22(32)19(31(9)10)12-15(3)38-26/h14-20,22-24,26,32-33,35-37H,11-13H2,1-10H3/b30-21+/t14-,15-,16+,17-,18+,19+,20-,22-,23-,24-,26+,27+,28-,29+/m1/s1. The molecule has 238 valence electrons. The highest BCUT2D eigenvalue weighted by Crippen LogP contribution is 2.51. The van der Waals surface area contributed by atoms with Crippen molar-refractivity contribution in [3.63, 3.8) is 0 Å². The Balaban J connectivity index is 2.09. The molecule has 3 fully saturated rings. The van der Waals surface area contributed by atoms with Crippen LogP contribution in [0.5, 0.6) is 0 Å².